The lowest BCUT2D eigenvalue weighted by molar-refractivity contribution is -0.115. The summed E-state index contributed by atoms with van der Waals surface area (Å²) in [5.41, 5.74) is 2.75. The van der Waals surface area contributed by atoms with Gasteiger partial charge in [-0.2, -0.15) is 0 Å². The normalized spacial score (nSPS) is 18.5. The van der Waals surface area contributed by atoms with Crippen molar-refractivity contribution < 1.29 is 19.0 Å². The molecule has 1 saturated heterocycles. The van der Waals surface area contributed by atoms with E-state index in [1.807, 2.05) is 43.3 Å². The second kappa shape index (κ2) is 6.76. The SMILES string of the molecule is COc1cc(/C=C2/SC(=Nc3ccc(C)cc3)NC2=O)cc2c1OCO2. The highest BCUT2D eigenvalue weighted by Crippen LogP contribution is 2.42. The Morgan fingerprint density at radius 1 is 1.23 bits per heavy atom. The first-order valence-corrected chi connectivity index (χ1v) is 8.78. The number of carbonyl (C=O) groups is 1. The van der Waals surface area contributed by atoms with E-state index in [4.69, 9.17) is 14.2 Å². The number of amidine groups is 1. The molecule has 1 N–H and O–H groups in total. The fourth-order valence-corrected chi connectivity index (χ4v) is 3.44. The Kier molecular flexibility index (Phi) is 4.30. The molecule has 26 heavy (non-hydrogen) atoms. The standard InChI is InChI=1S/C19H16N2O4S/c1-11-3-5-13(6-4-11)20-19-21-18(22)16(26-19)9-12-7-14(23-2)17-15(8-12)24-10-25-17/h3-9H,10H2,1-2H3,(H,20,21,22)/b16-9+. The number of fused-ring (bicyclic) bond motifs is 1. The minimum atomic E-state index is -0.183. The molecule has 0 atom stereocenters. The molecule has 2 aromatic rings. The van der Waals surface area contributed by atoms with Crippen LogP contribution in [0.15, 0.2) is 46.3 Å². The number of nitrogens with one attached hydrogen (secondary N) is 1. The van der Waals surface area contributed by atoms with Gasteiger partial charge in [0.05, 0.1) is 17.7 Å². The van der Waals surface area contributed by atoms with Crippen molar-refractivity contribution in [2.24, 2.45) is 4.99 Å². The monoisotopic (exact) mass is 368 g/mol. The van der Waals surface area contributed by atoms with Crippen molar-refractivity contribution in [3.63, 3.8) is 0 Å². The van der Waals surface area contributed by atoms with Gasteiger partial charge < -0.3 is 19.5 Å². The first-order chi connectivity index (χ1) is 12.6. The summed E-state index contributed by atoms with van der Waals surface area (Å²) in [6.07, 6.45) is 1.78. The Labute approximate surface area is 154 Å². The minimum absolute atomic E-state index is 0.161. The van der Waals surface area contributed by atoms with E-state index in [-0.39, 0.29) is 12.7 Å². The number of amides is 1. The van der Waals surface area contributed by atoms with E-state index in [1.165, 1.54) is 11.8 Å². The average Bonchev–Trinajstić information content (AvgIpc) is 3.23. The number of methoxy groups -OCH3 is 1. The molecule has 0 saturated carbocycles. The van der Waals surface area contributed by atoms with Crippen LogP contribution in [0.1, 0.15) is 11.1 Å². The topological polar surface area (TPSA) is 69.2 Å². The molecular formula is C19H16N2O4S. The maximum absolute atomic E-state index is 12.3. The molecule has 0 spiro atoms. The van der Waals surface area contributed by atoms with Crippen molar-refractivity contribution in [3.05, 3.63) is 52.4 Å². The third-order valence-electron chi connectivity index (χ3n) is 3.89. The van der Waals surface area contributed by atoms with Gasteiger partial charge in [-0.05, 0) is 54.6 Å². The second-order valence-electron chi connectivity index (χ2n) is 5.77. The molecule has 7 heteroatoms. The second-order valence-corrected chi connectivity index (χ2v) is 6.80. The van der Waals surface area contributed by atoms with E-state index in [9.17, 15) is 4.79 Å². The van der Waals surface area contributed by atoms with Crippen LogP contribution in [0.5, 0.6) is 17.2 Å². The fraction of sp³-hybridized carbons (Fsp3) is 0.158. The highest BCUT2D eigenvalue weighted by molar-refractivity contribution is 8.18. The van der Waals surface area contributed by atoms with Crippen molar-refractivity contribution in [2.45, 2.75) is 6.92 Å². The lowest BCUT2D eigenvalue weighted by Crippen LogP contribution is -2.19. The summed E-state index contributed by atoms with van der Waals surface area (Å²) in [5.74, 6) is 1.58. The Morgan fingerprint density at radius 3 is 2.81 bits per heavy atom. The minimum Gasteiger partial charge on any atom is -0.493 e. The van der Waals surface area contributed by atoms with Gasteiger partial charge in [0.1, 0.15) is 0 Å². The summed E-state index contributed by atoms with van der Waals surface area (Å²) in [4.78, 5) is 17.3. The lowest BCUT2D eigenvalue weighted by Gasteiger charge is -2.06. The van der Waals surface area contributed by atoms with Gasteiger partial charge in [0.25, 0.3) is 5.91 Å². The summed E-state index contributed by atoms with van der Waals surface area (Å²) in [7, 11) is 1.57. The van der Waals surface area contributed by atoms with E-state index in [1.54, 1.807) is 13.2 Å². The molecule has 0 aromatic heterocycles. The maximum atomic E-state index is 12.3. The number of aryl methyl sites for hydroxylation is 1. The Balaban J connectivity index is 1.60. The van der Waals surface area contributed by atoms with E-state index < -0.39 is 0 Å². The van der Waals surface area contributed by atoms with Gasteiger partial charge >= 0.3 is 0 Å². The zero-order valence-corrected chi connectivity index (χ0v) is 15.1. The molecule has 2 aromatic carbocycles. The van der Waals surface area contributed by atoms with Crippen LogP contribution in [-0.4, -0.2) is 25.0 Å². The number of hydrogen-bond donors (Lipinski definition) is 1. The van der Waals surface area contributed by atoms with Crippen LogP contribution in [0.3, 0.4) is 0 Å². The molecule has 4 rings (SSSR count). The van der Waals surface area contributed by atoms with Crippen molar-refractivity contribution in [2.75, 3.05) is 13.9 Å². The van der Waals surface area contributed by atoms with Gasteiger partial charge in [-0.3, -0.25) is 4.79 Å². The zero-order valence-electron chi connectivity index (χ0n) is 14.2. The third kappa shape index (κ3) is 3.25. The Morgan fingerprint density at radius 2 is 2.04 bits per heavy atom. The van der Waals surface area contributed by atoms with Crippen molar-refractivity contribution >= 4 is 34.6 Å². The van der Waals surface area contributed by atoms with Crippen LogP contribution in [-0.2, 0) is 4.79 Å². The predicted octanol–water partition coefficient (Wildman–Crippen LogP) is 3.62. The fourth-order valence-electron chi connectivity index (χ4n) is 2.60. The molecule has 0 radical (unpaired) electrons. The summed E-state index contributed by atoms with van der Waals surface area (Å²) < 4.78 is 16.1. The van der Waals surface area contributed by atoms with Gasteiger partial charge in [-0.1, -0.05) is 17.7 Å². The molecule has 6 nitrogen and oxygen atoms in total. The van der Waals surface area contributed by atoms with Gasteiger partial charge in [0.2, 0.25) is 12.5 Å². The summed E-state index contributed by atoms with van der Waals surface area (Å²) in [6.45, 7) is 2.18. The van der Waals surface area contributed by atoms with Gasteiger partial charge in [-0.25, -0.2) is 4.99 Å². The van der Waals surface area contributed by atoms with E-state index in [0.717, 1.165) is 16.8 Å². The molecule has 1 fully saturated rings. The lowest BCUT2D eigenvalue weighted by atomic mass is 10.1. The highest BCUT2D eigenvalue weighted by atomic mass is 32.2. The summed E-state index contributed by atoms with van der Waals surface area (Å²) >= 11 is 1.30. The first-order valence-electron chi connectivity index (χ1n) is 7.96. The first kappa shape index (κ1) is 16.5. The van der Waals surface area contributed by atoms with Crippen molar-refractivity contribution in [1.82, 2.24) is 5.32 Å². The number of ether oxygens (including phenoxy) is 3. The Hall–Kier alpha value is -2.93. The zero-order chi connectivity index (χ0) is 18.1. The van der Waals surface area contributed by atoms with E-state index in [2.05, 4.69) is 10.3 Å². The van der Waals surface area contributed by atoms with Crippen molar-refractivity contribution in [1.29, 1.82) is 0 Å². The smallest absolute Gasteiger partial charge is 0.264 e. The van der Waals surface area contributed by atoms with Gasteiger partial charge in [0, 0.05) is 0 Å². The van der Waals surface area contributed by atoms with E-state index in [0.29, 0.717) is 27.3 Å². The average molecular weight is 368 g/mol. The molecule has 2 aliphatic rings. The molecule has 0 aliphatic carbocycles. The maximum Gasteiger partial charge on any atom is 0.264 e. The van der Waals surface area contributed by atoms with Gasteiger partial charge in [-0.15, -0.1) is 0 Å². The molecule has 132 valence electrons. The molecule has 1 amide bonds. The Bertz CT molecular complexity index is 935. The van der Waals surface area contributed by atoms with Crippen LogP contribution in [0.25, 0.3) is 6.08 Å². The number of nitrogens with zero attached hydrogens (tertiary/aromatic N) is 1. The number of benzene rings is 2. The largest absolute Gasteiger partial charge is 0.493 e. The van der Waals surface area contributed by atoms with Crippen LogP contribution in [0.4, 0.5) is 5.69 Å². The highest BCUT2D eigenvalue weighted by Gasteiger charge is 2.25. The number of hydrogen-bond acceptors (Lipinski definition) is 6. The molecule has 0 unspecified atom stereocenters. The quantitative estimate of drug-likeness (QED) is 0.838. The van der Waals surface area contributed by atoms with Crippen LogP contribution < -0.4 is 19.5 Å². The van der Waals surface area contributed by atoms with Crippen LogP contribution in [0, 0.1) is 6.92 Å². The van der Waals surface area contributed by atoms with Crippen LogP contribution in [0.2, 0.25) is 0 Å². The van der Waals surface area contributed by atoms with Gasteiger partial charge in [0.15, 0.2) is 16.7 Å². The molecule has 2 aliphatic heterocycles. The van der Waals surface area contributed by atoms with Crippen LogP contribution >= 0.6 is 11.8 Å². The molecule has 2 heterocycles. The molecule has 0 bridgehead atoms. The summed E-state index contributed by atoms with van der Waals surface area (Å²) in [5, 5.41) is 3.34. The number of rotatable bonds is 3. The third-order valence-corrected chi connectivity index (χ3v) is 4.80. The number of thioether (sulfide) groups is 1. The predicted molar refractivity (Wildman–Crippen MR) is 101 cm³/mol. The summed E-state index contributed by atoms with van der Waals surface area (Å²) in [6, 6.07) is 11.4. The number of aliphatic imine (C=N–C) groups is 1. The van der Waals surface area contributed by atoms with E-state index >= 15 is 0 Å². The molecular weight excluding hydrogens is 352 g/mol. The van der Waals surface area contributed by atoms with Crippen molar-refractivity contribution in [3.8, 4) is 17.2 Å². The number of carbonyl (C=O) groups excluding carboxylic acids is 1.